The molecule has 23 heavy (non-hydrogen) atoms. The van der Waals surface area contributed by atoms with Crippen molar-refractivity contribution in [2.24, 2.45) is 0 Å². The summed E-state index contributed by atoms with van der Waals surface area (Å²) in [4.78, 5) is 11.9. The lowest BCUT2D eigenvalue weighted by Crippen LogP contribution is -2.24. The third-order valence-electron chi connectivity index (χ3n) is 3.15. The number of hydrogen-bond acceptors (Lipinski definition) is 3. The van der Waals surface area contributed by atoms with Crippen LogP contribution in [-0.2, 0) is 17.1 Å². The van der Waals surface area contributed by atoms with E-state index in [1.807, 2.05) is 30.3 Å². The van der Waals surface area contributed by atoms with Crippen LogP contribution in [0.1, 0.15) is 11.1 Å². The SMILES string of the molecule is COc1ccc(CNC(=O)CSCc2ccc(Cl)cc2Cl)cc1. The third kappa shape index (κ3) is 5.98. The Labute approximate surface area is 150 Å². The second-order valence-electron chi connectivity index (χ2n) is 4.85. The summed E-state index contributed by atoms with van der Waals surface area (Å²) in [6.07, 6.45) is 0. The Hall–Kier alpha value is -1.36. The number of benzene rings is 2. The van der Waals surface area contributed by atoms with Crippen molar-refractivity contribution < 1.29 is 9.53 Å². The van der Waals surface area contributed by atoms with Crippen molar-refractivity contribution >= 4 is 40.9 Å². The van der Waals surface area contributed by atoms with Crippen LogP contribution in [0, 0.1) is 0 Å². The molecule has 2 rings (SSSR count). The molecule has 2 aromatic carbocycles. The number of carbonyl (C=O) groups excluding carboxylic acids is 1. The Kier molecular flexibility index (Phi) is 7.09. The van der Waals surface area contributed by atoms with Gasteiger partial charge in [-0.25, -0.2) is 0 Å². The van der Waals surface area contributed by atoms with E-state index in [0.29, 0.717) is 28.1 Å². The zero-order valence-corrected chi connectivity index (χ0v) is 15.0. The molecule has 0 heterocycles. The maximum Gasteiger partial charge on any atom is 0.230 e. The Balaban J connectivity index is 1.72. The molecule has 122 valence electrons. The van der Waals surface area contributed by atoms with Crippen LogP contribution in [0.3, 0.4) is 0 Å². The lowest BCUT2D eigenvalue weighted by Gasteiger charge is -2.07. The maximum atomic E-state index is 11.9. The molecule has 0 fully saturated rings. The highest BCUT2D eigenvalue weighted by Gasteiger charge is 2.05. The zero-order valence-electron chi connectivity index (χ0n) is 12.6. The largest absolute Gasteiger partial charge is 0.497 e. The van der Waals surface area contributed by atoms with Crippen molar-refractivity contribution in [3.05, 3.63) is 63.6 Å². The molecule has 2 aromatic rings. The minimum absolute atomic E-state index is 0.00379. The molecular weight excluding hydrogens is 353 g/mol. The average Bonchev–Trinajstić information content (AvgIpc) is 2.55. The van der Waals surface area contributed by atoms with Crippen LogP contribution in [-0.4, -0.2) is 18.8 Å². The second kappa shape index (κ2) is 9.06. The molecule has 0 aromatic heterocycles. The van der Waals surface area contributed by atoms with Crippen molar-refractivity contribution in [3.8, 4) is 5.75 Å². The molecule has 0 aliphatic carbocycles. The first-order chi connectivity index (χ1) is 11.1. The lowest BCUT2D eigenvalue weighted by molar-refractivity contribution is -0.118. The summed E-state index contributed by atoms with van der Waals surface area (Å²) in [6, 6.07) is 13.0. The summed E-state index contributed by atoms with van der Waals surface area (Å²) < 4.78 is 5.10. The fourth-order valence-electron chi connectivity index (χ4n) is 1.89. The van der Waals surface area contributed by atoms with Crippen LogP contribution >= 0.6 is 35.0 Å². The molecule has 0 bridgehead atoms. The standard InChI is InChI=1S/C17H17Cl2NO2S/c1-22-15-6-2-12(3-7-15)9-20-17(21)11-23-10-13-4-5-14(18)8-16(13)19/h2-8H,9-11H2,1H3,(H,20,21). The first kappa shape index (κ1) is 18.0. The number of nitrogens with one attached hydrogen (secondary N) is 1. The van der Waals surface area contributed by atoms with Crippen LogP contribution in [0.4, 0.5) is 0 Å². The van der Waals surface area contributed by atoms with Crippen molar-refractivity contribution in [3.63, 3.8) is 0 Å². The molecule has 0 saturated heterocycles. The number of carbonyl (C=O) groups is 1. The van der Waals surface area contributed by atoms with Crippen molar-refractivity contribution in [1.29, 1.82) is 0 Å². The van der Waals surface area contributed by atoms with Gasteiger partial charge in [-0.3, -0.25) is 4.79 Å². The van der Waals surface area contributed by atoms with Gasteiger partial charge in [0, 0.05) is 22.3 Å². The van der Waals surface area contributed by atoms with Crippen LogP contribution in [0.2, 0.25) is 10.0 Å². The molecule has 0 saturated carbocycles. The van der Waals surface area contributed by atoms with Crippen molar-refractivity contribution in [2.75, 3.05) is 12.9 Å². The number of methoxy groups -OCH3 is 1. The topological polar surface area (TPSA) is 38.3 Å². The van der Waals surface area contributed by atoms with E-state index in [-0.39, 0.29) is 5.91 Å². The van der Waals surface area contributed by atoms with E-state index in [1.165, 1.54) is 11.8 Å². The van der Waals surface area contributed by atoms with E-state index in [9.17, 15) is 4.79 Å². The summed E-state index contributed by atoms with van der Waals surface area (Å²) >= 11 is 13.5. The number of ether oxygens (including phenoxy) is 1. The van der Waals surface area contributed by atoms with Gasteiger partial charge in [0.25, 0.3) is 0 Å². The highest BCUT2D eigenvalue weighted by atomic mass is 35.5. The van der Waals surface area contributed by atoms with E-state index < -0.39 is 0 Å². The van der Waals surface area contributed by atoms with E-state index in [1.54, 1.807) is 19.2 Å². The smallest absolute Gasteiger partial charge is 0.230 e. The summed E-state index contributed by atoms with van der Waals surface area (Å²) in [5.74, 6) is 1.85. The summed E-state index contributed by atoms with van der Waals surface area (Å²) in [5, 5.41) is 4.13. The molecular formula is C17H17Cl2NO2S. The normalized spacial score (nSPS) is 10.4. The monoisotopic (exact) mass is 369 g/mol. The number of hydrogen-bond donors (Lipinski definition) is 1. The zero-order chi connectivity index (χ0) is 16.7. The van der Waals surface area contributed by atoms with Gasteiger partial charge < -0.3 is 10.1 Å². The summed E-state index contributed by atoms with van der Waals surface area (Å²) in [6.45, 7) is 0.505. The molecule has 0 unspecified atom stereocenters. The minimum atomic E-state index is -0.00379. The van der Waals surface area contributed by atoms with Gasteiger partial charge in [0.1, 0.15) is 5.75 Å². The van der Waals surface area contributed by atoms with E-state index in [2.05, 4.69) is 5.32 Å². The molecule has 6 heteroatoms. The first-order valence-electron chi connectivity index (χ1n) is 7.00. The number of rotatable bonds is 7. The van der Waals surface area contributed by atoms with E-state index >= 15 is 0 Å². The van der Waals surface area contributed by atoms with Gasteiger partial charge in [-0.05, 0) is 35.4 Å². The van der Waals surface area contributed by atoms with Crippen LogP contribution in [0.25, 0.3) is 0 Å². The Morgan fingerprint density at radius 3 is 2.57 bits per heavy atom. The molecule has 0 spiro atoms. The van der Waals surface area contributed by atoms with Crippen molar-refractivity contribution in [2.45, 2.75) is 12.3 Å². The van der Waals surface area contributed by atoms with Gasteiger partial charge in [0.05, 0.1) is 12.9 Å². The fourth-order valence-corrected chi connectivity index (χ4v) is 3.30. The van der Waals surface area contributed by atoms with E-state index in [0.717, 1.165) is 16.9 Å². The Morgan fingerprint density at radius 1 is 1.17 bits per heavy atom. The highest BCUT2D eigenvalue weighted by molar-refractivity contribution is 7.99. The molecule has 0 radical (unpaired) electrons. The van der Waals surface area contributed by atoms with Gasteiger partial charge >= 0.3 is 0 Å². The first-order valence-corrected chi connectivity index (χ1v) is 8.91. The second-order valence-corrected chi connectivity index (χ2v) is 6.68. The van der Waals surface area contributed by atoms with Gasteiger partial charge in [0.2, 0.25) is 5.91 Å². The predicted octanol–water partition coefficient (Wildman–Crippen LogP) is 4.55. The Morgan fingerprint density at radius 2 is 1.91 bits per heavy atom. The molecule has 0 aliphatic heterocycles. The summed E-state index contributed by atoms with van der Waals surface area (Å²) in [7, 11) is 1.63. The number of amides is 1. The molecule has 3 nitrogen and oxygen atoms in total. The van der Waals surface area contributed by atoms with Gasteiger partial charge in [-0.15, -0.1) is 11.8 Å². The fraction of sp³-hybridized carbons (Fsp3) is 0.235. The van der Waals surface area contributed by atoms with Gasteiger partial charge in [0.15, 0.2) is 0 Å². The Bertz CT molecular complexity index is 662. The maximum absolute atomic E-state index is 11.9. The number of thioether (sulfide) groups is 1. The molecule has 1 N–H and O–H groups in total. The van der Waals surface area contributed by atoms with Crippen molar-refractivity contribution in [1.82, 2.24) is 5.32 Å². The number of halogens is 2. The molecule has 1 amide bonds. The average molecular weight is 370 g/mol. The van der Waals surface area contributed by atoms with Crippen LogP contribution in [0.15, 0.2) is 42.5 Å². The van der Waals surface area contributed by atoms with E-state index in [4.69, 9.17) is 27.9 Å². The lowest BCUT2D eigenvalue weighted by atomic mass is 10.2. The third-order valence-corrected chi connectivity index (χ3v) is 4.72. The van der Waals surface area contributed by atoms with Gasteiger partial charge in [-0.2, -0.15) is 0 Å². The predicted molar refractivity (Wildman–Crippen MR) is 97.5 cm³/mol. The molecule has 0 atom stereocenters. The highest BCUT2D eigenvalue weighted by Crippen LogP contribution is 2.24. The van der Waals surface area contributed by atoms with Gasteiger partial charge in [-0.1, -0.05) is 41.4 Å². The molecule has 0 aliphatic rings. The minimum Gasteiger partial charge on any atom is -0.497 e. The summed E-state index contributed by atoms with van der Waals surface area (Å²) in [5.41, 5.74) is 2.01. The van der Waals surface area contributed by atoms with Crippen LogP contribution < -0.4 is 10.1 Å². The van der Waals surface area contributed by atoms with Crippen LogP contribution in [0.5, 0.6) is 5.75 Å². The quantitative estimate of drug-likeness (QED) is 0.777.